The van der Waals surface area contributed by atoms with Crippen LogP contribution in [0.4, 0.5) is 5.95 Å². The topological polar surface area (TPSA) is 64.9 Å². The van der Waals surface area contributed by atoms with Crippen molar-refractivity contribution >= 4 is 16.7 Å². The molecule has 0 radical (unpaired) electrons. The Labute approximate surface area is 98.1 Å². The number of hydrogen-bond acceptors (Lipinski definition) is 4. The van der Waals surface area contributed by atoms with Gasteiger partial charge in [-0.15, -0.1) is 0 Å². The van der Waals surface area contributed by atoms with Crippen LogP contribution in [-0.2, 0) is 6.42 Å². The van der Waals surface area contributed by atoms with Crippen LogP contribution >= 0.6 is 0 Å². The van der Waals surface area contributed by atoms with E-state index in [2.05, 4.69) is 40.5 Å². The molecule has 0 aliphatic rings. The lowest BCUT2D eigenvalue weighted by Gasteiger charge is -2.00. The van der Waals surface area contributed by atoms with Gasteiger partial charge in [0, 0.05) is 0 Å². The van der Waals surface area contributed by atoms with Gasteiger partial charge >= 0.3 is 0 Å². The molecule has 0 atom stereocenters. The largest absolute Gasteiger partial charge is 0.365 e. The van der Waals surface area contributed by atoms with Gasteiger partial charge in [0.2, 0.25) is 5.89 Å². The van der Waals surface area contributed by atoms with Crippen molar-refractivity contribution in [2.24, 2.45) is 0 Å². The van der Waals surface area contributed by atoms with Crippen molar-refractivity contribution in [3.8, 4) is 0 Å². The molecule has 1 aromatic heterocycles. The van der Waals surface area contributed by atoms with Gasteiger partial charge in [-0.3, -0.25) is 0 Å². The van der Waals surface area contributed by atoms with Crippen molar-refractivity contribution < 1.29 is 4.52 Å². The summed E-state index contributed by atoms with van der Waals surface area (Å²) >= 11 is 0. The summed E-state index contributed by atoms with van der Waals surface area (Å²) in [7, 11) is 0. The lowest BCUT2D eigenvalue weighted by Crippen LogP contribution is -1.90. The number of hydrogen-bond donors (Lipinski definition) is 1. The van der Waals surface area contributed by atoms with E-state index in [1.54, 1.807) is 0 Å². The Kier molecular flexibility index (Phi) is 2.26. The molecule has 1 heterocycles. The Morgan fingerprint density at radius 2 is 1.88 bits per heavy atom. The molecule has 3 rings (SSSR count). The summed E-state index contributed by atoms with van der Waals surface area (Å²) in [5.41, 5.74) is 6.54. The van der Waals surface area contributed by atoms with Crippen molar-refractivity contribution in [3.63, 3.8) is 0 Å². The first-order chi connectivity index (χ1) is 8.31. The van der Waals surface area contributed by atoms with Gasteiger partial charge in [0.05, 0.1) is 6.42 Å². The van der Waals surface area contributed by atoms with Crippen LogP contribution in [0.5, 0.6) is 0 Å². The predicted octanol–water partition coefficient (Wildman–Crippen LogP) is 2.40. The van der Waals surface area contributed by atoms with Gasteiger partial charge in [-0.2, -0.15) is 4.98 Å². The second kappa shape index (κ2) is 3.90. The molecule has 0 bridgehead atoms. The normalized spacial score (nSPS) is 10.8. The lowest BCUT2D eigenvalue weighted by atomic mass is 10.1. The predicted molar refractivity (Wildman–Crippen MR) is 65.5 cm³/mol. The fourth-order valence-corrected chi connectivity index (χ4v) is 1.86. The van der Waals surface area contributed by atoms with E-state index in [1.165, 1.54) is 10.8 Å². The molecule has 0 aliphatic carbocycles. The van der Waals surface area contributed by atoms with E-state index in [-0.39, 0.29) is 5.95 Å². The molecular formula is C13H11N3O. The van der Waals surface area contributed by atoms with Crippen LogP contribution in [0.2, 0.25) is 0 Å². The summed E-state index contributed by atoms with van der Waals surface area (Å²) in [5, 5.41) is 6.00. The van der Waals surface area contributed by atoms with Crippen molar-refractivity contribution in [3.05, 3.63) is 53.9 Å². The monoisotopic (exact) mass is 225 g/mol. The third-order valence-electron chi connectivity index (χ3n) is 2.65. The fourth-order valence-electron chi connectivity index (χ4n) is 1.86. The summed E-state index contributed by atoms with van der Waals surface area (Å²) in [6, 6.07) is 14.5. The van der Waals surface area contributed by atoms with Crippen LogP contribution < -0.4 is 5.73 Å². The maximum atomic E-state index is 5.41. The summed E-state index contributed by atoms with van der Waals surface area (Å²) in [5.74, 6) is 0.721. The van der Waals surface area contributed by atoms with Crippen LogP contribution in [0, 0.1) is 0 Å². The van der Waals surface area contributed by atoms with Crippen LogP contribution in [0.25, 0.3) is 10.8 Å². The molecule has 0 fully saturated rings. The Hall–Kier alpha value is -2.36. The average Bonchev–Trinajstić information content (AvgIpc) is 2.75. The first-order valence-electron chi connectivity index (χ1n) is 5.37. The average molecular weight is 225 g/mol. The number of nitrogen functional groups attached to an aromatic ring is 1. The standard InChI is InChI=1S/C13H11N3O/c14-13-15-12(17-16-13)8-9-5-6-10-3-1-2-4-11(10)7-9/h1-7H,8H2,(H2,14,16). The molecular weight excluding hydrogens is 214 g/mol. The lowest BCUT2D eigenvalue weighted by molar-refractivity contribution is 0.386. The van der Waals surface area contributed by atoms with E-state index in [0.717, 1.165) is 5.56 Å². The first-order valence-corrected chi connectivity index (χ1v) is 5.37. The number of aromatic nitrogens is 2. The molecule has 3 aromatic rings. The summed E-state index contributed by atoms with van der Waals surface area (Å²) in [6.45, 7) is 0. The minimum absolute atomic E-state index is 0.181. The molecule has 2 N–H and O–H groups in total. The highest BCUT2D eigenvalue weighted by molar-refractivity contribution is 5.83. The second-order valence-electron chi connectivity index (χ2n) is 3.90. The number of rotatable bonds is 2. The van der Waals surface area contributed by atoms with Crippen LogP contribution in [-0.4, -0.2) is 10.1 Å². The Morgan fingerprint density at radius 1 is 1.06 bits per heavy atom. The Balaban J connectivity index is 1.95. The van der Waals surface area contributed by atoms with E-state index in [4.69, 9.17) is 10.3 Å². The van der Waals surface area contributed by atoms with Gasteiger partial charge in [0.25, 0.3) is 5.95 Å². The van der Waals surface area contributed by atoms with E-state index in [0.29, 0.717) is 12.3 Å². The Bertz CT molecular complexity index is 660. The highest BCUT2D eigenvalue weighted by atomic mass is 16.5. The number of nitrogens with two attached hydrogens (primary N) is 1. The number of anilines is 1. The van der Waals surface area contributed by atoms with Gasteiger partial charge < -0.3 is 10.3 Å². The van der Waals surface area contributed by atoms with E-state index >= 15 is 0 Å². The number of fused-ring (bicyclic) bond motifs is 1. The molecule has 2 aromatic carbocycles. The quantitative estimate of drug-likeness (QED) is 0.727. The second-order valence-corrected chi connectivity index (χ2v) is 3.90. The zero-order valence-electron chi connectivity index (χ0n) is 9.13. The van der Waals surface area contributed by atoms with Gasteiger partial charge in [0.15, 0.2) is 0 Å². The zero-order valence-corrected chi connectivity index (χ0v) is 9.13. The molecule has 4 nitrogen and oxygen atoms in total. The highest BCUT2D eigenvalue weighted by Gasteiger charge is 2.04. The molecule has 17 heavy (non-hydrogen) atoms. The van der Waals surface area contributed by atoms with Gasteiger partial charge in [0.1, 0.15) is 0 Å². The maximum Gasteiger partial charge on any atom is 0.260 e. The molecule has 0 saturated carbocycles. The molecule has 0 amide bonds. The summed E-state index contributed by atoms with van der Waals surface area (Å²) < 4.78 is 4.99. The van der Waals surface area contributed by atoms with Gasteiger partial charge in [-0.05, 0) is 21.5 Å². The Morgan fingerprint density at radius 3 is 2.65 bits per heavy atom. The van der Waals surface area contributed by atoms with Crippen molar-refractivity contribution in [1.29, 1.82) is 0 Å². The van der Waals surface area contributed by atoms with Crippen LogP contribution in [0.3, 0.4) is 0 Å². The molecule has 0 spiro atoms. The van der Waals surface area contributed by atoms with Crippen LogP contribution in [0.15, 0.2) is 47.0 Å². The fraction of sp³-hybridized carbons (Fsp3) is 0.0769. The van der Waals surface area contributed by atoms with Gasteiger partial charge in [-0.25, -0.2) is 0 Å². The van der Waals surface area contributed by atoms with E-state index in [1.807, 2.05) is 12.1 Å². The maximum absolute atomic E-state index is 5.41. The summed E-state index contributed by atoms with van der Waals surface area (Å²) in [6.07, 6.45) is 0.606. The molecule has 0 aliphatic heterocycles. The molecule has 84 valence electrons. The van der Waals surface area contributed by atoms with E-state index < -0.39 is 0 Å². The van der Waals surface area contributed by atoms with E-state index in [9.17, 15) is 0 Å². The van der Waals surface area contributed by atoms with Crippen molar-refractivity contribution in [2.45, 2.75) is 6.42 Å². The molecule has 4 heteroatoms. The smallest absolute Gasteiger partial charge is 0.260 e. The zero-order chi connectivity index (χ0) is 11.7. The van der Waals surface area contributed by atoms with Crippen LogP contribution in [0.1, 0.15) is 11.5 Å². The third kappa shape index (κ3) is 1.97. The minimum Gasteiger partial charge on any atom is -0.365 e. The third-order valence-corrected chi connectivity index (χ3v) is 2.65. The minimum atomic E-state index is 0.181. The van der Waals surface area contributed by atoms with Crippen molar-refractivity contribution in [1.82, 2.24) is 10.1 Å². The number of nitrogens with zero attached hydrogens (tertiary/aromatic N) is 2. The number of benzene rings is 2. The first kappa shape index (κ1) is 9.84. The van der Waals surface area contributed by atoms with Gasteiger partial charge in [-0.1, -0.05) is 42.5 Å². The molecule has 0 unspecified atom stereocenters. The summed E-state index contributed by atoms with van der Waals surface area (Å²) in [4.78, 5) is 3.99. The highest BCUT2D eigenvalue weighted by Crippen LogP contribution is 2.17. The SMILES string of the molecule is Nc1noc(Cc2ccc3ccccc3c2)n1. The molecule has 0 saturated heterocycles. The van der Waals surface area contributed by atoms with Crippen molar-refractivity contribution in [2.75, 3.05) is 5.73 Å².